The van der Waals surface area contributed by atoms with Gasteiger partial charge in [0, 0.05) is 5.54 Å². The summed E-state index contributed by atoms with van der Waals surface area (Å²) >= 11 is 0. The fourth-order valence-electron chi connectivity index (χ4n) is 2.61. The average Bonchev–Trinajstić information content (AvgIpc) is 2.45. The SMILES string of the molecule is CCCCCC1(CC)CCCCCN1. The van der Waals surface area contributed by atoms with Crippen LogP contribution in [0.15, 0.2) is 0 Å². The number of unbranched alkanes of at least 4 members (excludes halogenated alkanes) is 2. The molecule has 1 heterocycles. The van der Waals surface area contributed by atoms with E-state index in [0.29, 0.717) is 5.54 Å². The third kappa shape index (κ3) is 3.61. The maximum Gasteiger partial charge on any atom is 0.0178 e. The lowest BCUT2D eigenvalue weighted by molar-refractivity contribution is 0.274. The Morgan fingerprint density at radius 3 is 2.64 bits per heavy atom. The summed E-state index contributed by atoms with van der Waals surface area (Å²) in [5, 5.41) is 3.80. The van der Waals surface area contributed by atoms with E-state index in [9.17, 15) is 0 Å². The molecule has 0 bridgehead atoms. The van der Waals surface area contributed by atoms with Gasteiger partial charge in [0.15, 0.2) is 0 Å². The molecule has 14 heavy (non-hydrogen) atoms. The van der Waals surface area contributed by atoms with Gasteiger partial charge < -0.3 is 5.32 Å². The lowest BCUT2D eigenvalue weighted by Gasteiger charge is -2.33. The highest BCUT2D eigenvalue weighted by Crippen LogP contribution is 2.27. The van der Waals surface area contributed by atoms with Gasteiger partial charge in [0.2, 0.25) is 0 Å². The Kier molecular flexibility index (Phi) is 5.54. The van der Waals surface area contributed by atoms with Crippen molar-refractivity contribution in [3.8, 4) is 0 Å². The summed E-state index contributed by atoms with van der Waals surface area (Å²) in [6, 6.07) is 0. The predicted octanol–water partition coefficient (Wildman–Crippen LogP) is 3.88. The zero-order valence-electron chi connectivity index (χ0n) is 10.1. The van der Waals surface area contributed by atoms with Crippen molar-refractivity contribution in [3.05, 3.63) is 0 Å². The fraction of sp³-hybridized carbons (Fsp3) is 1.00. The van der Waals surface area contributed by atoms with Gasteiger partial charge in [-0.15, -0.1) is 0 Å². The standard InChI is InChI=1S/C13H27N/c1-3-5-7-10-13(4-2)11-8-6-9-12-14-13/h14H,3-12H2,1-2H3. The van der Waals surface area contributed by atoms with Crippen molar-refractivity contribution < 1.29 is 0 Å². The van der Waals surface area contributed by atoms with E-state index in [0.717, 1.165) is 0 Å². The van der Waals surface area contributed by atoms with E-state index in [4.69, 9.17) is 0 Å². The van der Waals surface area contributed by atoms with E-state index >= 15 is 0 Å². The molecule has 0 aliphatic carbocycles. The summed E-state index contributed by atoms with van der Waals surface area (Å²) in [4.78, 5) is 0. The molecule has 1 unspecified atom stereocenters. The Balaban J connectivity index is 2.37. The quantitative estimate of drug-likeness (QED) is 0.660. The van der Waals surface area contributed by atoms with Crippen molar-refractivity contribution in [2.45, 2.75) is 77.2 Å². The Morgan fingerprint density at radius 2 is 1.93 bits per heavy atom. The van der Waals surface area contributed by atoms with Crippen molar-refractivity contribution in [3.63, 3.8) is 0 Å². The lowest BCUT2D eigenvalue weighted by Crippen LogP contribution is -2.43. The summed E-state index contributed by atoms with van der Waals surface area (Å²) in [7, 11) is 0. The number of nitrogens with one attached hydrogen (secondary N) is 1. The maximum absolute atomic E-state index is 3.80. The van der Waals surface area contributed by atoms with Gasteiger partial charge in [-0.2, -0.15) is 0 Å². The minimum atomic E-state index is 0.506. The van der Waals surface area contributed by atoms with Gasteiger partial charge in [-0.25, -0.2) is 0 Å². The molecule has 0 saturated carbocycles. The molecule has 1 nitrogen and oxygen atoms in total. The molecule has 0 aromatic rings. The second-order valence-corrected chi connectivity index (χ2v) is 4.83. The van der Waals surface area contributed by atoms with Crippen LogP contribution in [0.4, 0.5) is 0 Å². The molecule has 0 aromatic carbocycles. The van der Waals surface area contributed by atoms with Crippen LogP contribution in [0, 0.1) is 0 Å². The normalized spacial score (nSPS) is 28.7. The Labute approximate surface area is 89.7 Å². The van der Waals surface area contributed by atoms with E-state index in [1.54, 1.807) is 0 Å². The van der Waals surface area contributed by atoms with E-state index in [1.165, 1.54) is 64.3 Å². The van der Waals surface area contributed by atoms with Gasteiger partial charge in [-0.05, 0) is 32.2 Å². The number of hydrogen-bond donors (Lipinski definition) is 1. The van der Waals surface area contributed by atoms with E-state index in [1.807, 2.05) is 0 Å². The smallest absolute Gasteiger partial charge is 0.0178 e. The van der Waals surface area contributed by atoms with Crippen LogP contribution in [0.3, 0.4) is 0 Å². The Hall–Kier alpha value is -0.0400. The van der Waals surface area contributed by atoms with Crippen molar-refractivity contribution in [2.24, 2.45) is 0 Å². The van der Waals surface area contributed by atoms with Gasteiger partial charge in [-0.1, -0.05) is 46.0 Å². The molecule has 84 valence electrons. The summed E-state index contributed by atoms with van der Waals surface area (Å²) in [5.74, 6) is 0. The van der Waals surface area contributed by atoms with Gasteiger partial charge >= 0.3 is 0 Å². The molecule has 1 N–H and O–H groups in total. The predicted molar refractivity (Wildman–Crippen MR) is 63.6 cm³/mol. The molecule has 0 amide bonds. The summed E-state index contributed by atoms with van der Waals surface area (Å²) < 4.78 is 0. The number of rotatable bonds is 5. The second-order valence-electron chi connectivity index (χ2n) is 4.83. The lowest BCUT2D eigenvalue weighted by atomic mass is 9.85. The topological polar surface area (TPSA) is 12.0 Å². The maximum atomic E-state index is 3.80. The molecule has 1 rings (SSSR count). The van der Waals surface area contributed by atoms with Crippen molar-refractivity contribution in [2.75, 3.05) is 6.54 Å². The molecule has 1 fully saturated rings. The molecule has 1 saturated heterocycles. The molecule has 1 heteroatoms. The number of hydrogen-bond acceptors (Lipinski definition) is 1. The highest BCUT2D eigenvalue weighted by molar-refractivity contribution is 4.88. The fourth-order valence-corrected chi connectivity index (χ4v) is 2.61. The van der Waals surface area contributed by atoms with Crippen molar-refractivity contribution >= 4 is 0 Å². The van der Waals surface area contributed by atoms with Crippen LogP contribution in [0.2, 0.25) is 0 Å². The summed E-state index contributed by atoms with van der Waals surface area (Å²) in [6.07, 6.45) is 12.5. The summed E-state index contributed by atoms with van der Waals surface area (Å²) in [6.45, 7) is 5.89. The van der Waals surface area contributed by atoms with Crippen molar-refractivity contribution in [1.82, 2.24) is 5.32 Å². The molecule has 1 atom stereocenters. The highest BCUT2D eigenvalue weighted by atomic mass is 15.0. The molecular formula is C13H27N. The molecule has 0 radical (unpaired) electrons. The van der Waals surface area contributed by atoms with Crippen LogP contribution in [-0.2, 0) is 0 Å². The van der Waals surface area contributed by atoms with Gasteiger partial charge in [0.05, 0.1) is 0 Å². The third-order valence-corrected chi connectivity index (χ3v) is 3.77. The van der Waals surface area contributed by atoms with E-state index in [2.05, 4.69) is 19.2 Å². The molecular weight excluding hydrogens is 170 g/mol. The van der Waals surface area contributed by atoms with E-state index in [-0.39, 0.29) is 0 Å². The zero-order valence-corrected chi connectivity index (χ0v) is 10.1. The Morgan fingerprint density at radius 1 is 1.07 bits per heavy atom. The van der Waals surface area contributed by atoms with Crippen LogP contribution >= 0.6 is 0 Å². The first-order chi connectivity index (χ1) is 6.83. The van der Waals surface area contributed by atoms with E-state index < -0.39 is 0 Å². The van der Waals surface area contributed by atoms with Gasteiger partial charge in [0.1, 0.15) is 0 Å². The van der Waals surface area contributed by atoms with Crippen LogP contribution in [0.5, 0.6) is 0 Å². The first-order valence-corrected chi connectivity index (χ1v) is 6.58. The molecule has 0 aromatic heterocycles. The average molecular weight is 197 g/mol. The minimum Gasteiger partial charge on any atom is -0.311 e. The summed E-state index contributed by atoms with van der Waals surface area (Å²) in [5.41, 5.74) is 0.506. The van der Waals surface area contributed by atoms with Crippen LogP contribution in [0.25, 0.3) is 0 Å². The monoisotopic (exact) mass is 197 g/mol. The Bertz CT molecular complexity index is 134. The first-order valence-electron chi connectivity index (χ1n) is 6.58. The molecule has 0 spiro atoms. The largest absolute Gasteiger partial charge is 0.311 e. The van der Waals surface area contributed by atoms with Gasteiger partial charge in [0.25, 0.3) is 0 Å². The first kappa shape index (κ1) is 12.0. The van der Waals surface area contributed by atoms with Crippen LogP contribution < -0.4 is 5.32 Å². The van der Waals surface area contributed by atoms with Crippen LogP contribution in [-0.4, -0.2) is 12.1 Å². The zero-order chi connectivity index (χ0) is 10.3. The van der Waals surface area contributed by atoms with Gasteiger partial charge in [-0.3, -0.25) is 0 Å². The second kappa shape index (κ2) is 6.44. The van der Waals surface area contributed by atoms with Crippen molar-refractivity contribution in [1.29, 1.82) is 0 Å². The third-order valence-electron chi connectivity index (χ3n) is 3.77. The minimum absolute atomic E-state index is 0.506. The van der Waals surface area contributed by atoms with Crippen LogP contribution in [0.1, 0.15) is 71.6 Å². The molecule has 1 aliphatic heterocycles. The highest BCUT2D eigenvalue weighted by Gasteiger charge is 2.27. The molecule has 1 aliphatic rings.